The van der Waals surface area contributed by atoms with Crippen molar-refractivity contribution in [1.82, 2.24) is 10.2 Å². The number of aliphatic hydroxyl groups excluding tert-OH is 1. The van der Waals surface area contributed by atoms with Gasteiger partial charge in [-0.25, -0.2) is 4.79 Å². The first-order chi connectivity index (χ1) is 8.93. The highest BCUT2D eigenvalue weighted by molar-refractivity contribution is 6.07. The van der Waals surface area contributed by atoms with Gasteiger partial charge >= 0.3 is 6.03 Å². The first kappa shape index (κ1) is 14.3. The Morgan fingerprint density at radius 3 is 2.47 bits per heavy atom. The average molecular weight is 268 g/mol. The van der Waals surface area contributed by atoms with Crippen LogP contribution < -0.4 is 5.32 Å². The second kappa shape index (κ2) is 5.12. The molecule has 1 saturated heterocycles. The average Bonchev–Trinajstić information content (AvgIpc) is 2.62. The summed E-state index contributed by atoms with van der Waals surface area (Å²) in [6.45, 7) is 6.20. The minimum atomic E-state index is -0.718. The van der Waals surface area contributed by atoms with E-state index in [0.717, 1.165) is 19.3 Å². The van der Waals surface area contributed by atoms with Crippen LogP contribution in [0.15, 0.2) is 0 Å². The summed E-state index contributed by atoms with van der Waals surface area (Å²) < 4.78 is 0. The third kappa shape index (κ3) is 2.14. The molecule has 108 valence electrons. The Labute approximate surface area is 114 Å². The van der Waals surface area contributed by atoms with E-state index in [0.29, 0.717) is 6.54 Å². The fourth-order valence-corrected chi connectivity index (χ4v) is 3.49. The van der Waals surface area contributed by atoms with Crippen molar-refractivity contribution in [3.8, 4) is 0 Å². The van der Waals surface area contributed by atoms with Crippen molar-refractivity contribution in [2.24, 2.45) is 17.8 Å². The smallest absolute Gasteiger partial charge is 0.325 e. The maximum absolute atomic E-state index is 12.7. The zero-order valence-corrected chi connectivity index (χ0v) is 12.0. The Balaban J connectivity index is 2.25. The van der Waals surface area contributed by atoms with E-state index in [1.165, 1.54) is 4.90 Å². The number of hydrogen-bond donors (Lipinski definition) is 2. The molecule has 0 aromatic heterocycles. The van der Waals surface area contributed by atoms with Crippen molar-refractivity contribution in [1.29, 1.82) is 0 Å². The number of carbonyl (C=O) groups is 2. The molecule has 0 bridgehead atoms. The van der Waals surface area contributed by atoms with E-state index in [1.807, 2.05) is 20.8 Å². The summed E-state index contributed by atoms with van der Waals surface area (Å²) in [7, 11) is 0. The monoisotopic (exact) mass is 268 g/mol. The maximum Gasteiger partial charge on any atom is 0.325 e. The lowest BCUT2D eigenvalue weighted by atomic mass is 9.67. The summed E-state index contributed by atoms with van der Waals surface area (Å²) in [4.78, 5) is 26.1. The van der Waals surface area contributed by atoms with Gasteiger partial charge in [0.05, 0.1) is 0 Å². The molecular weight excluding hydrogens is 244 g/mol. The fraction of sp³-hybridized carbons (Fsp3) is 0.857. The Bertz CT molecular complexity index is 373. The van der Waals surface area contributed by atoms with E-state index in [9.17, 15) is 9.59 Å². The molecule has 0 aromatic rings. The number of urea groups is 1. The van der Waals surface area contributed by atoms with Gasteiger partial charge in [-0.05, 0) is 30.6 Å². The predicted octanol–water partition coefficient (Wildman–Crippen LogP) is 1.36. The molecule has 3 unspecified atom stereocenters. The van der Waals surface area contributed by atoms with E-state index < -0.39 is 5.54 Å². The van der Waals surface area contributed by atoms with Crippen molar-refractivity contribution in [3.05, 3.63) is 0 Å². The van der Waals surface area contributed by atoms with Gasteiger partial charge in [-0.1, -0.05) is 27.2 Å². The molecule has 0 aromatic carbocycles. The second-order valence-corrected chi connectivity index (χ2v) is 6.24. The van der Waals surface area contributed by atoms with Gasteiger partial charge in [-0.15, -0.1) is 0 Å². The Hall–Kier alpha value is -1.10. The zero-order chi connectivity index (χ0) is 14.2. The van der Waals surface area contributed by atoms with Gasteiger partial charge < -0.3 is 10.4 Å². The third-order valence-corrected chi connectivity index (χ3v) is 4.79. The summed E-state index contributed by atoms with van der Waals surface area (Å²) in [5.74, 6) is 0.154. The number of aliphatic hydroxyl groups is 1. The topological polar surface area (TPSA) is 69.6 Å². The molecular formula is C14H24N2O3. The minimum absolute atomic E-state index is 0.0187. The van der Waals surface area contributed by atoms with Gasteiger partial charge in [-0.3, -0.25) is 9.69 Å². The Kier molecular flexibility index (Phi) is 3.85. The van der Waals surface area contributed by atoms with Crippen LogP contribution in [-0.2, 0) is 4.79 Å². The molecule has 1 heterocycles. The number of rotatable bonds is 3. The van der Waals surface area contributed by atoms with Crippen molar-refractivity contribution >= 4 is 11.9 Å². The van der Waals surface area contributed by atoms with E-state index in [4.69, 9.17) is 5.11 Å². The molecule has 1 spiro atoms. The van der Waals surface area contributed by atoms with E-state index in [2.05, 4.69) is 5.32 Å². The van der Waals surface area contributed by atoms with Crippen molar-refractivity contribution in [2.75, 3.05) is 13.2 Å². The van der Waals surface area contributed by atoms with Crippen LogP contribution in [0.25, 0.3) is 0 Å². The van der Waals surface area contributed by atoms with Gasteiger partial charge in [0, 0.05) is 13.2 Å². The van der Waals surface area contributed by atoms with E-state index >= 15 is 0 Å². The summed E-state index contributed by atoms with van der Waals surface area (Å²) >= 11 is 0. The number of amides is 3. The van der Waals surface area contributed by atoms with Crippen LogP contribution in [0, 0.1) is 17.8 Å². The molecule has 5 nitrogen and oxygen atoms in total. The summed E-state index contributed by atoms with van der Waals surface area (Å²) in [6.07, 6.45) is 3.06. The van der Waals surface area contributed by atoms with E-state index in [1.54, 1.807) is 0 Å². The number of imide groups is 1. The lowest BCUT2D eigenvalue weighted by molar-refractivity contribution is -0.137. The predicted molar refractivity (Wildman–Crippen MR) is 71.4 cm³/mol. The normalized spacial score (nSPS) is 36.7. The first-order valence-electron chi connectivity index (χ1n) is 7.18. The maximum atomic E-state index is 12.7. The van der Waals surface area contributed by atoms with Gasteiger partial charge in [0.1, 0.15) is 5.54 Å². The van der Waals surface area contributed by atoms with Crippen LogP contribution >= 0.6 is 0 Å². The molecule has 5 heteroatoms. The van der Waals surface area contributed by atoms with Crippen LogP contribution in [0.5, 0.6) is 0 Å². The zero-order valence-electron chi connectivity index (χ0n) is 12.0. The number of carbonyl (C=O) groups excluding carboxylic acids is 2. The molecule has 3 atom stereocenters. The van der Waals surface area contributed by atoms with Crippen molar-refractivity contribution < 1.29 is 14.7 Å². The molecule has 1 aliphatic heterocycles. The molecule has 2 aliphatic rings. The SMILES string of the molecule is CC(CO)CN1C(=O)NC2(C1=O)C(C)CCCC2C. The highest BCUT2D eigenvalue weighted by Gasteiger charge is 2.58. The summed E-state index contributed by atoms with van der Waals surface area (Å²) in [5, 5.41) is 12.1. The number of nitrogens with zero attached hydrogens (tertiary/aromatic N) is 1. The van der Waals surface area contributed by atoms with E-state index in [-0.39, 0.29) is 36.3 Å². The van der Waals surface area contributed by atoms with Crippen molar-refractivity contribution in [3.63, 3.8) is 0 Å². The molecule has 2 N–H and O–H groups in total. The first-order valence-corrected chi connectivity index (χ1v) is 7.18. The quantitative estimate of drug-likeness (QED) is 0.759. The standard InChI is InChI=1S/C14H24N2O3/c1-9(8-17)7-16-12(18)14(15-13(16)19)10(2)5-4-6-11(14)3/h9-11,17H,4-8H2,1-3H3,(H,15,19). The summed E-state index contributed by atoms with van der Waals surface area (Å²) in [6, 6.07) is -0.300. The Morgan fingerprint density at radius 1 is 1.37 bits per heavy atom. The minimum Gasteiger partial charge on any atom is -0.396 e. The lowest BCUT2D eigenvalue weighted by Crippen LogP contribution is -2.59. The van der Waals surface area contributed by atoms with Gasteiger partial charge in [0.2, 0.25) is 0 Å². The highest BCUT2D eigenvalue weighted by atomic mass is 16.3. The van der Waals surface area contributed by atoms with Gasteiger partial charge in [0.25, 0.3) is 5.91 Å². The molecule has 2 fully saturated rings. The fourth-order valence-electron chi connectivity index (χ4n) is 3.49. The molecule has 1 saturated carbocycles. The number of hydrogen-bond acceptors (Lipinski definition) is 3. The van der Waals surface area contributed by atoms with Gasteiger partial charge in [0.15, 0.2) is 0 Å². The van der Waals surface area contributed by atoms with Crippen LogP contribution in [0.1, 0.15) is 40.0 Å². The summed E-state index contributed by atoms with van der Waals surface area (Å²) in [5.41, 5.74) is -0.718. The second-order valence-electron chi connectivity index (χ2n) is 6.24. The molecule has 1 aliphatic carbocycles. The third-order valence-electron chi connectivity index (χ3n) is 4.79. The molecule has 3 amide bonds. The van der Waals surface area contributed by atoms with Crippen LogP contribution in [-0.4, -0.2) is 40.6 Å². The largest absolute Gasteiger partial charge is 0.396 e. The number of nitrogens with one attached hydrogen (secondary N) is 1. The molecule has 19 heavy (non-hydrogen) atoms. The Morgan fingerprint density at radius 2 is 1.95 bits per heavy atom. The van der Waals surface area contributed by atoms with Crippen LogP contribution in [0.4, 0.5) is 4.79 Å². The molecule has 2 rings (SSSR count). The molecule has 0 radical (unpaired) electrons. The van der Waals surface area contributed by atoms with Gasteiger partial charge in [-0.2, -0.15) is 0 Å². The highest BCUT2D eigenvalue weighted by Crippen LogP contribution is 2.42. The van der Waals surface area contributed by atoms with Crippen LogP contribution in [0.3, 0.4) is 0 Å². The lowest BCUT2D eigenvalue weighted by Gasteiger charge is -2.42. The van der Waals surface area contributed by atoms with Crippen molar-refractivity contribution in [2.45, 2.75) is 45.6 Å². The van der Waals surface area contributed by atoms with Crippen LogP contribution in [0.2, 0.25) is 0 Å².